The van der Waals surface area contributed by atoms with Crippen molar-refractivity contribution >= 4 is 29.9 Å². The topological polar surface area (TPSA) is 50.2 Å². The summed E-state index contributed by atoms with van der Waals surface area (Å²) in [6, 6.07) is 2.79. The summed E-state index contributed by atoms with van der Waals surface area (Å²) in [5, 5.41) is 3.69. The fourth-order valence-electron chi connectivity index (χ4n) is 1.77. The average Bonchev–Trinajstić information content (AvgIpc) is 2.68. The highest BCUT2D eigenvalue weighted by Gasteiger charge is 2.14. The van der Waals surface area contributed by atoms with Gasteiger partial charge in [0.1, 0.15) is 19.2 Å². The smallest absolute Gasteiger partial charge is 0.277 e. The first-order valence-electron chi connectivity index (χ1n) is 4.73. The molecule has 0 bridgehead atoms. The van der Waals surface area contributed by atoms with Crippen LogP contribution < -0.4 is 11.0 Å². The van der Waals surface area contributed by atoms with E-state index in [4.69, 9.17) is 7.85 Å². The molecule has 0 aliphatic heterocycles. The van der Waals surface area contributed by atoms with Crippen molar-refractivity contribution in [3.63, 3.8) is 0 Å². The molecule has 1 N–H and O–H groups in total. The van der Waals surface area contributed by atoms with Crippen molar-refractivity contribution in [3.05, 3.63) is 40.3 Å². The van der Waals surface area contributed by atoms with Gasteiger partial charge in [0.15, 0.2) is 11.3 Å². The zero-order chi connectivity index (χ0) is 12.2. The SMILES string of the molecule is [B]c1ccc2c([nH]c(=O)c3c(F)cnn32)c1F. The van der Waals surface area contributed by atoms with E-state index >= 15 is 0 Å². The lowest BCUT2D eigenvalue weighted by atomic mass is 9.95. The van der Waals surface area contributed by atoms with Crippen LogP contribution in [0.1, 0.15) is 0 Å². The number of hydrogen-bond acceptors (Lipinski definition) is 2. The van der Waals surface area contributed by atoms with Crippen molar-refractivity contribution < 1.29 is 8.78 Å². The summed E-state index contributed by atoms with van der Waals surface area (Å²) in [7, 11) is 5.38. The normalized spacial score (nSPS) is 11.4. The van der Waals surface area contributed by atoms with Crippen LogP contribution in [-0.4, -0.2) is 22.4 Å². The Morgan fingerprint density at radius 3 is 2.88 bits per heavy atom. The van der Waals surface area contributed by atoms with Gasteiger partial charge in [-0.1, -0.05) is 11.5 Å². The summed E-state index contributed by atoms with van der Waals surface area (Å²) < 4.78 is 28.0. The highest BCUT2D eigenvalue weighted by molar-refractivity contribution is 6.33. The van der Waals surface area contributed by atoms with Crippen molar-refractivity contribution in [2.45, 2.75) is 0 Å². The van der Waals surface area contributed by atoms with E-state index in [1.54, 1.807) is 0 Å². The van der Waals surface area contributed by atoms with Gasteiger partial charge in [0.2, 0.25) is 0 Å². The van der Waals surface area contributed by atoms with Crippen LogP contribution in [0.15, 0.2) is 23.1 Å². The molecule has 3 aromatic rings. The van der Waals surface area contributed by atoms with Gasteiger partial charge < -0.3 is 4.98 Å². The van der Waals surface area contributed by atoms with E-state index in [0.29, 0.717) is 0 Å². The number of nitrogens with one attached hydrogen (secondary N) is 1. The molecule has 0 saturated heterocycles. The number of hydrogen-bond donors (Lipinski definition) is 1. The second-order valence-corrected chi connectivity index (χ2v) is 3.57. The van der Waals surface area contributed by atoms with E-state index in [0.717, 1.165) is 10.7 Å². The van der Waals surface area contributed by atoms with E-state index in [2.05, 4.69) is 10.1 Å². The number of aromatic nitrogens is 3. The molecule has 0 spiro atoms. The van der Waals surface area contributed by atoms with Crippen LogP contribution in [0.4, 0.5) is 8.78 Å². The van der Waals surface area contributed by atoms with Gasteiger partial charge in [-0.15, -0.1) is 0 Å². The summed E-state index contributed by atoms with van der Waals surface area (Å²) in [6.07, 6.45) is 0.901. The Labute approximate surface area is 94.3 Å². The Bertz CT molecular complexity index is 809. The first-order valence-corrected chi connectivity index (χ1v) is 4.73. The van der Waals surface area contributed by atoms with E-state index in [1.165, 1.54) is 12.1 Å². The van der Waals surface area contributed by atoms with Gasteiger partial charge in [-0.25, -0.2) is 13.3 Å². The maximum Gasteiger partial charge on any atom is 0.277 e. The molecule has 1 aromatic carbocycles. The third-order valence-electron chi connectivity index (χ3n) is 2.56. The minimum absolute atomic E-state index is 0.0920. The maximum atomic E-state index is 13.7. The van der Waals surface area contributed by atoms with Crippen molar-refractivity contribution in [1.29, 1.82) is 0 Å². The molecule has 7 heteroatoms. The predicted molar refractivity (Wildman–Crippen MR) is 58.6 cm³/mol. The van der Waals surface area contributed by atoms with Gasteiger partial charge in [0.25, 0.3) is 5.56 Å². The standard InChI is InChI=1S/C10H4BF2N3O/c11-4-1-2-6-8(7(4)13)15-10(17)9-5(12)3-14-16(6)9/h1-3H,(H,15,17). The molecular weight excluding hydrogens is 227 g/mol. The highest BCUT2D eigenvalue weighted by atomic mass is 19.1. The second kappa shape index (κ2) is 3.16. The van der Waals surface area contributed by atoms with Gasteiger partial charge in [-0.3, -0.25) is 4.79 Å². The summed E-state index contributed by atoms with van der Waals surface area (Å²) in [5.41, 5.74) is -0.945. The third kappa shape index (κ3) is 1.22. The Morgan fingerprint density at radius 1 is 1.35 bits per heavy atom. The van der Waals surface area contributed by atoms with Crippen molar-refractivity contribution in [3.8, 4) is 0 Å². The predicted octanol–water partition coefficient (Wildman–Crippen LogP) is 0.248. The van der Waals surface area contributed by atoms with Gasteiger partial charge in [-0.05, 0) is 6.07 Å². The second-order valence-electron chi connectivity index (χ2n) is 3.57. The summed E-state index contributed by atoms with van der Waals surface area (Å²) in [5.74, 6) is -1.51. The molecular formula is C10H4BF2N3O. The lowest BCUT2D eigenvalue weighted by Gasteiger charge is -2.04. The Kier molecular flexibility index (Phi) is 1.86. The average molecular weight is 231 g/mol. The van der Waals surface area contributed by atoms with Crippen LogP contribution in [0.5, 0.6) is 0 Å². The van der Waals surface area contributed by atoms with E-state index < -0.39 is 17.2 Å². The van der Waals surface area contributed by atoms with Crippen molar-refractivity contribution in [2.75, 3.05) is 0 Å². The van der Waals surface area contributed by atoms with Crippen LogP contribution in [0, 0.1) is 11.6 Å². The lowest BCUT2D eigenvalue weighted by molar-refractivity contribution is 0.636. The van der Waals surface area contributed by atoms with Gasteiger partial charge >= 0.3 is 0 Å². The number of fused-ring (bicyclic) bond motifs is 3. The molecule has 0 aliphatic carbocycles. The summed E-state index contributed by atoms with van der Waals surface area (Å²) in [4.78, 5) is 13.8. The molecule has 0 amide bonds. The van der Waals surface area contributed by atoms with Crippen LogP contribution in [-0.2, 0) is 0 Å². The van der Waals surface area contributed by atoms with Crippen LogP contribution >= 0.6 is 0 Å². The first kappa shape index (κ1) is 10.0. The number of nitrogens with zero attached hydrogens (tertiary/aromatic N) is 2. The Hall–Kier alpha value is -2.18. The summed E-state index contributed by atoms with van der Waals surface area (Å²) >= 11 is 0. The molecule has 0 fully saturated rings. The van der Waals surface area contributed by atoms with Crippen LogP contribution in [0.25, 0.3) is 16.6 Å². The minimum Gasteiger partial charge on any atom is -0.316 e. The minimum atomic E-state index is -0.759. The molecule has 0 atom stereocenters. The first-order chi connectivity index (χ1) is 8.09. The van der Waals surface area contributed by atoms with Crippen LogP contribution in [0.2, 0.25) is 0 Å². The summed E-state index contributed by atoms with van der Waals surface area (Å²) in [6.45, 7) is 0. The molecule has 0 unspecified atom stereocenters. The molecule has 2 aromatic heterocycles. The van der Waals surface area contributed by atoms with Crippen molar-refractivity contribution in [1.82, 2.24) is 14.6 Å². The van der Waals surface area contributed by atoms with E-state index in [-0.39, 0.29) is 22.0 Å². The molecule has 17 heavy (non-hydrogen) atoms. The third-order valence-corrected chi connectivity index (χ3v) is 2.56. The fraction of sp³-hybridized carbons (Fsp3) is 0. The molecule has 4 nitrogen and oxygen atoms in total. The quantitative estimate of drug-likeness (QED) is 0.563. The molecule has 2 heterocycles. The molecule has 2 radical (unpaired) electrons. The molecule has 82 valence electrons. The zero-order valence-corrected chi connectivity index (χ0v) is 8.37. The Balaban J connectivity index is 2.67. The fourth-order valence-corrected chi connectivity index (χ4v) is 1.77. The molecule has 3 rings (SSSR count). The molecule has 0 saturated carbocycles. The number of H-pyrrole nitrogens is 1. The van der Waals surface area contributed by atoms with E-state index in [1.807, 2.05) is 0 Å². The number of benzene rings is 1. The van der Waals surface area contributed by atoms with Gasteiger partial charge in [-0.2, -0.15) is 5.10 Å². The number of halogens is 2. The van der Waals surface area contributed by atoms with Crippen molar-refractivity contribution in [2.24, 2.45) is 0 Å². The highest BCUT2D eigenvalue weighted by Crippen LogP contribution is 2.14. The van der Waals surface area contributed by atoms with E-state index in [9.17, 15) is 13.6 Å². The maximum absolute atomic E-state index is 13.7. The number of aromatic amines is 1. The molecule has 0 aliphatic rings. The van der Waals surface area contributed by atoms with Crippen LogP contribution in [0.3, 0.4) is 0 Å². The van der Waals surface area contributed by atoms with Gasteiger partial charge in [0, 0.05) is 0 Å². The largest absolute Gasteiger partial charge is 0.316 e. The zero-order valence-electron chi connectivity index (χ0n) is 8.37. The monoisotopic (exact) mass is 231 g/mol. The van der Waals surface area contributed by atoms with Gasteiger partial charge in [0.05, 0.1) is 11.7 Å². The lowest BCUT2D eigenvalue weighted by Crippen LogP contribution is -2.16. The Morgan fingerprint density at radius 2 is 2.12 bits per heavy atom. The number of rotatable bonds is 0.